The van der Waals surface area contributed by atoms with Crippen molar-refractivity contribution >= 4 is 6.03 Å². The van der Waals surface area contributed by atoms with E-state index in [0.29, 0.717) is 25.2 Å². The lowest BCUT2D eigenvalue weighted by atomic mass is 10.3. The summed E-state index contributed by atoms with van der Waals surface area (Å²) in [6.45, 7) is 10.5. The maximum absolute atomic E-state index is 11.6. The molecule has 1 unspecified atom stereocenters. The lowest BCUT2D eigenvalue weighted by Crippen LogP contribution is -2.44. The molecule has 0 aliphatic carbocycles. The van der Waals surface area contributed by atoms with Gasteiger partial charge < -0.3 is 15.4 Å². The van der Waals surface area contributed by atoms with Crippen molar-refractivity contribution in [1.82, 2.24) is 15.5 Å². The Labute approximate surface area is 110 Å². The molecule has 0 spiro atoms. The van der Waals surface area contributed by atoms with Gasteiger partial charge in [0.2, 0.25) is 0 Å². The summed E-state index contributed by atoms with van der Waals surface area (Å²) >= 11 is 0. The molecule has 0 radical (unpaired) electrons. The highest BCUT2D eigenvalue weighted by atomic mass is 16.5. The second-order valence-electron chi connectivity index (χ2n) is 5.02. The minimum absolute atomic E-state index is 0.0536. The molecule has 2 amide bonds. The first-order valence-electron chi connectivity index (χ1n) is 6.99. The molecular formula is C13H27N3O2. The van der Waals surface area contributed by atoms with Gasteiger partial charge >= 0.3 is 6.03 Å². The van der Waals surface area contributed by atoms with Crippen LogP contribution in [0.2, 0.25) is 0 Å². The number of rotatable bonds is 7. The summed E-state index contributed by atoms with van der Waals surface area (Å²) in [4.78, 5) is 14.0. The average molecular weight is 257 g/mol. The van der Waals surface area contributed by atoms with Crippen LogP contribution in [0.4, 0.5) is 4.79 Å². The standard InChI is InChI=1S/C13H27N3O2/c1-4-18-9-5-7-14-13(17)15-12-6-8-16(10-12)11(2)3/h11-12H,4-10H2,1-3H3,(H2,14,15,17). The van der Waals surface area contributed by atoms with Crippen molar-refractivity contribution in [3.05, 3.63) is 0 Å². The van der Waals surface area contributed by atoms with Crippen LogP contribution in [0.5, 0.6) is 0 Å². The summed E-state index contributed by atoms with van der Waals surface area (Å²) in [5, 5.41) is 5.89. The monoisotopic (exact) mass is 257 g/mol. The van der Waals surface area contributed by atoms with Crippen LogP contribution in [0.25, 0.3) is 0 Å². The van der Waals surface area contributed by atoms with E-state index in [2.05, 4.69) is 29.4 Å². The quantitative estimate of drug-likeness (QED) is 0.674. The first-order valence-corrected chi connectivity index (χ1v) is 6.99. The lowest BCUT2D eigenvalue weighted by molar-refractivity contribution is 0.145. The molecule has 0 aromatic heterocycles. The minimum atomic E-state index is -0.0536. The molecule has 1 saturated heterocycles. The third-order valence-corrected chi connectivity index (χ3v) is 3.24. The fraction of sp³-hybridized carbons (Fsp3) is 0.923. The van der Waals surface area contributed by atoms with Gasteiger partial charge in [-0.3, -0.25) is 4.90 Å². The minimum Gasteiger partial charge on any atom is -0.382 e. The summed E-state index contributed by atoms with van der Waals surface area (Å²) < 4.78 is 5.21. The van der Waals surface area contributed by atoms with E-state index in [1.165, 1.54) is 0 Å². The zero-order chi connectivity index (χ0) is 13.4. The van der Waals surface area contributed by atoms with Crippen LogP contribution >= 0.6 is 0 Å². The Morgan fingerprint density at radius 2 is 2.28 bits per heavy atom. The number of likely N-dealkylation sites (tertiary alicyclic amines) is 1. The number of nitrogens with zero attached hydrogens (tertiary/aromatic N) is 1. The van der Waals surface area contributed by atoms with Crippen molar-refractivity contribution in [3.8, 4) is 0 Å². The summed E-state index contributed by atoms with van der Waals surface area (Å²) in [5.41, 5.74) is 0. The molecule has 106 valence electrons. The molecule has 1 heterocycles. The van der Waals surface area contributed by atoms with Crippen LogP contribution in [0, 0.1) is 0 Å². The van der Waals surface area contributed by atoms with Crippen molar-refractivity contribution < 1.29 is 9.53 Å². The van der Waals surface area contributed by atoms with E-state index >= 15 is 0 Å². The second kappa shape index (κ2) is 8.32. The smallest absolute Gasteiger partial charge is 0.315 e. The molecule has 1 rings (SSSR count). The van der Waals surface area contributed by atoms with Gasteiger partial charge in [0.1, 0.15) is 0 Å². The van der Waals surface area contributed by atoms with Crippen LogP contribution in [-0.2, 0) is 4.74 Å². The predicted molar refractivity (Wildman–Crippen MR) is 72.8 cm³/mol. The average Bonchev–Trinajstić information content (AvgIpc) is 2.77. The zero-order valence-electron chi connectivity index (χ0n) is 11.9. The van der Waals surface area contributed by atoms with E-state index < -0.39 is 0 Å². The van der Waals surface area contributed by atoms with Crippen molar-refractivity contribution in [3.63, 3.8) is 0 Å². The SMILES string of the molecule is CCOCCCNC(=O)NC1CCN(C(C)C)C1. The summed E-state index contributed by atoms with van der Waals surface area (Å²) in [6.07, 6.45) is 1.91. The fourth-order valence-electron chi connectivity index (χ4n) is 2.13. The van der Waals surface area contributed by atoms with Crippen LogP contribution in [0.15, 0.2) is 0 Å². The third kappa shape index (κ3) is 5.69. The number of hydrogen-bond donors (Lipinski definition) is 2. The Kier molecular flexibility index (Phi) is 7.05. The first kappa shape index (κ1) is 15.2. The van der Waals surface area contributed by atoms with Gasteiger partial charge in [-0.25, -0.2) is 4.79 Å². The summed E-state index contributed by atoms with van der Waals surface area (Å²) in [5.74, 6) is 0. The molecule has 5 heteroatoms. The van der Waals surface area contributed by atoms with E-state index in [-0.39, 0.29) is 6.03 Å². The number of carbonyl (C=O) groups is 1. The highest BCUT2D eigenvalue weighted by Gasteiger charge is 2.24. The number of hydrogen-bond acceptors (Lipinski definition) is 3. The Hall–Kier alpha value is -0.810. The van der Waals surface area contributed by atoms with E-state index in [9.17, 15) is 4.79 Å². The highest BCUT2D eigenvalue weighted by Crippen LogP contribution is 2.11. The number of amides is 2. The molecule has 1 aliphatic heterocycles. The Bertz CT molecular complexity index is 246. The lowest BCUT2D eigenvalue weighted by Gasteiger charge is -2.20. The van der Waals surface area contributed by atoms with E-state index in [1.807, 2.05) is 6.92 Å². The molecule has 18 heavy (non-hydrogen) atoms. The molecule has 0 bridgehead atoms. The molecular weight excluding hydrogens is 230 g/mol. The van der Waals surface area contributed by atoms with Gasteiger partial charge in [-0.05, 0) is 33.6 Å². The Morgan fingerprint density at radius 1 is 1.50 bits per heavy atom. The maximum Gasteiger partial charge on any atom is 0.315 e. The number of ether oxygens (including phenoxy) is 1. The molecule has 0 aromatic rings. The van der Waals surface area contributed by atoms with Gasteiger partial charge in [-0.2, -0.15) is 0 Å². The van der Waals surface area contributed by atoms with Crippen LogP contribution in [0.3, 0.4) is 0 Å². The highest BCUT2D eigenvalue weighted by molar-refractivity contribution is 5.74. The van der Waals surface area contributed by atoms with E-state index in [0.717, 1.165) is 32.5 Å². The van der Waals surface area contributed by atoms with E-state index in [4.69, 9.17) is 4.74 Å². The van der Waals surface area contributed by atoms with Gasteiger partial charge in [-0.1, -0.05) is 0 Å². The van der Waals surface area contributed by atoms with Crippen LogP contribution in [-0.4, -0.2) is 55.9 Å². The normalized spacial score (nSPS) is 20.3. The molecule has 0 aromatic carbocycles. The van der Waals surface area contributed by atoms with Crippen LogP contribution < -0.4 is 10.6 Å². The van der Waals surface area contributed by atoms with Crippen molar-refractivity contribution in [2.24, 2.45) is 0 Å². The first-order chi connectivity index (χ1) is 8.63. The summed E-state index contributed by atoms with van der Waals surface area (Å²) in [7, 11) is 0. The Balaban J connectivity index is 2.06. The number of urea groups is 1. The molecule has 5 nitrogen and oxygen atoms in total. The van der Waals surface area contributed by atoms with Gasteiger partial charge in [0.25, 0.3) is 0 Å². The molecule has 1 atom stereocenters. The topological polar surface area (TPSA) is 53.6 Å². The zero-order valence-corrected chi connectivity index (χ0v) is 11.9. The van der Waals surface area contributed by atoms with Crippen molar-refractivity contribution in [1.29, 1.82) is 0 Å². The molecule has 1 aliphatic rings. The number of carbonyl (C=O) groups excluding carboxylic acids is 1. The largest absolute Gasteiger partial charge is 0.382 e. The number of nitrogens with one attached hydrogen (secondary N) is 2. The van der Waals surface area contributed by atoms with Crippen molar-refractivity contribution in [2.45, 2.75) is 45.7 Å². The Morgan fingerprint density at radius 3 is 2.89 bits per heavy atom. The van der Waals surface area contributed by atoms with Gasteiger partial charge in [0.05, 0.1) is 0 Å². The second-order valence-corrected chi connectivity index (χ2v) is 5.02. The van der Waals surface area contributed by atoms with Gasteiger partial charge in [0, 0.05) is 44.9 Å². The van der Waals surface area contributed by atoms with Crippen LogP contribution in [0.1, 0.15) is 33.6 Å². The van der Waals surface area contributed by atoms with Gasteiger partial charge in [0.15, 0.2) is 0 Å². The van der Waals surface area contributed by atoms with Gasteiger partial charge in [-0.15, -0.1) is 0 Å². The fourth-order valence-corrected chi connectivity index (χ4v) is 2.13. The van der Waals surface area contributed by atoms with E-state index in [1.54, 1.807) is 0 Å². The summed E-state index contributed by atoms with van der Waals surface area (Å²) in [6, 6.07) is 0.799. The third-order valence-electron chi connectivity index (χ3n) is 3.24. The molecule has 0 saturated carbocycles. The van der Waals surface area contributed by atoms with Crippen molar-refractivity contribution in [2.75, 3.05) is 32.8 Å². The molecule has 1 fully saturated rings. The molecule has 2 N–H and O–H groups in total. The maximum atomic E-state index is 11.6. The predicted octanol–water partition coefficient (Wildman–Crippen LogP) is 1.19.